The summed E-state index contributed by atoms with van der Waals surface area (Å²) in [6.07, 6.45) is 3.02. The molecular weight excluding hydrogens is 152 g/mol. The van der Waals surface area contributed by atoms with Crippen molar-refractivity contribution in [3.8, 4) is 0 Å². The normalized spacial score (nSPS) is 10.2. The fourth-order valence-electron chi connectivity index (χ4n) is 0.664. The lowest BCUT2D eigenvalue weighted by molar-refractivity contribution is 0.374. The van der Waals surface area contributed by atoms with E-state index in [1.165, 1.54) is 0 Å². The minimum atomic E-state index is 0.200. The molecule has 0 aliphatic heterocycles. The van der Waals surface area contributed by atoms with Gasteiger partial charge >= 0.3 is 0 Å². The van der Waals surface area contributed by atoms with Gasteiger partial charge in [-0.3, -0.25) is 0 Å². The molecule has 3 nitrogen and oxygen atoms in total. The zero-order chi connectivity index (χ0) is 7.40. The van der Waals surface area contributed by atoms with Gasteiger partial charge in [0.1, 0.15) is 0 Å². The van der Waals surface area contributed by atoms with Gasteiger partial charge in [-0.25, -0.2) is 0 Å². The minimum Gasteiger partial charge on any atom is -0.338 e. The molecule has 0 aromatic carbocycles. The van der Waals surface area contributed by atoms with Gasteiger partial charge in [0, 0.05) is 6.42 Å². The Morgan fingerprint density at radius 1 is 1.60 bits per heavy atom. The highest BCUT2D eigenvalue weighted by Gasteiger charge is 2.00. The summed E-state index contributed by atoms with van der Waals surface area (Å²) < 4.78 is 4.77. The average Bonchev–Trinajstić information content (AvgIpc) is 2.31. The van der Waals surface area contributed by atoms with E-state index < -0.39 is 0 Å². The molecule has 0 unspecified atom stereocenters. The summed E-state index contributed by atoms with van der Waals surface area (Å²) in [5.41, 5.74) is 0. The molecule has 0 bridgehead atoms. The van der Waals surface area contributed by atoms with Gasteiger partial charge in [0.2, 0.25) is 5.89 Å². The third-order valence-electron chi connectivity index (χ3n) is 1.19. The second-order valence-corrected chi connectivity index (χ2v) is 2.40. The first-order valence-corrected chi connectivity index (χ1v) is 3.69. The van der Waals surface area contributed by atoms with E-state index in [1.54, 1.807) is 0 Å². The number of hydrogen-bond acceptors (Lipinski definition) is 3. The van der Waals surface area contributed by atoms with Crippen LogP contribution in [0.2, 0.25) is 5.28 Å². The number of unbranched alkanes of at least 4 members (excludes halogenated alkanes) is 1. The first-order chi connectivity index (χ1) is 4.83. The molecule has 0 atom stereocenters. The van der Waals surface area contributed by atoms with Gasteiger partial charge in [-0.2, -0.15) is 4.98 Å². The van der Waals surface area contributed by atoms with Crippen molar-refractivity contribution in [3.63, 3.8) is 0 Å². The predicted octanol–water partition coefficient (Wildman–Crippen LogP) is 2.07. The Bertz CT molecular complexity index is 199. The van der Waals surface area contributed by atoms with E-state index in [2.05, 4.69) is 17.1 Å². The Morgan fingerprint density at radius 2 is 2.40 bits per heavy atom. The van der Waals surface area contributed by atoms with Crippen molar-refractivity contribution in [1.29, 1.82) is 0 Å². The number of aryl methyl sites for hydroxylation is 1. The number of aromatic nitrogens is 2. The first-order valence-electron chi connectivity index (χ1n) is 3.31. The fourth-order valence-corrected chi connectivity index (χ4v) is 0.792. The molecule has 0 saturated carbocycles. The highest BCUT2D eigenvalue weighted by molar-refractivity contribution is 6.28. The van der Waals surface area contributed by atoms with Crippen LogP contribution >= 0.6 is 11.6 Å². The SMILES string of the molecule is CCCCc1nc(Cl)no1. The molecular formula is C6H9ClN2O. The molecule has 0 aliphatic carbocycles. The Morgan fingerprint density at radius 3 is 2.90 bits per heavy atom. The van der Waals surface area contributed by atoms with Crippen LogP contribution in [0, 0.1) is 0 Å². The second-order valence-electron chi connectivity index (χ2n) is 2.06. The third-order valence-corrected chi connectivity index (χ3v) is 1.34. The summed E-state index contributed by atoms with van der Waals surface area (Å²) in [5, 5.41) is 3.65. The Kier molecular flexibility index (Phi) is 2.68. The summed E-state index contributed by atoms with van der Waals surface area (Å²) in [6, 6.07) is 0. The standard InChI is InChI=1S/C6H9ClN2O/c1-2-3-4-5-8-6(7)9-10-5/h2-4H2,1H3. The first kappa shape index (κ1) is 7.54. The van der Waals surface area contributed by atoms with Crippen LogP contribution in [0.1, 0.15) is 25.7 Å². The van der Waals surface area contributed by atoms with Crippen LogP contribution < -0.4 is 0 Å². The molecule has 0 N–H and O–H groups in total. The Balaban J connectivity index is 2.42. The van der Waals surface area contributed by atoms with Gasteiger partial charge in [-0.05, 0) is 23.2 Å². The van der Waals surface area contributed by atoms with E-state index in [4.69, 9.17) is 16.1 Å². The lowest BCUT2D eigenvalue weighted by Crippen LogP contribution is -1.82. The number of hydrogen-bond donors (Lipinski definition) is 0. The van der Waals surface area contributed by atoms with Crippen LogP contribution in [0.15, 0.2) is 4.52 Å². The van der Waals surface area contributed by atoms with Gasteiger partial charge in [0.25, 0.3) is 5.28 Å². The van der Waals surface area contributed by atoms with Gasteiger partial charge in [0.05, 0.1) is 0 Å². The molecule has 1 heterocycles. The molecule has 0 fully saturated rings. The van der Waals surface area contributed by atoms with Gasteiger partial charge < -0.3 is 4.52 Å². The summed E-state index contributed by atoms with van der Waals surface area (Å²) in [5.74, 6) is 0.631. The third kappa shape index (κ3) is 1.99. The van der Waals surface area contributed by atoms with Crippen LogP contribution in [0.3, 0.4) is 0 Å². The molecule has 56 valence electrons. The number of halogens is 1. The lowest BCUT2D eigenvalue weighted by Gasteiger charge is -1.86. The predicted molar refractivity (Wildman–Crippen MR) is 37.9 cm³/mol. The van der Waals surface area contributed by atoms with Crippen LogP contribution in [0.5, 0.6) is 0 Å². The smallest absolute Gasteiger partial charge is 0.263 e. The minimum absolute atomic E-state index is 0.200. The van der Waals surface area contributed by atoms with Crippen molar-refractivity contribution in [3.05, 3.63) is 11.2 Å². The quantitative estimate of drug-likeness (QED) is 0.680. The Hall–Kier alpha value is -0.570. The summed E-state index contributed by atoms with van der Waals surface area (Å²) in [6.45, 7) is 2.11. The summed E-state index contributed by atoms with van der Waals surface area (Å²) >= 11 is 5.42. The molecule has 0 spiro atoms. The maximum atomic E-state index is 5.42. The van der Waals surface area contributed by atoms with Crippen molar-refractivity contribution in [2.24, 2.45) is 0 Å². The second kappa shape index (κ2) is 3.56. The van der Waals surface area contributed by atoms with Crippen LogP contribution in [-0.4, -0.2) is 10.1 Å². The van der Waals surface area contributed by atoms with E-state index in [0.717, 1.165) is 19.3 Å². The molecule has 0 saturated heterocycles. The maximum absolute atomic E-state index is 5.42. The number of rotatable bonds is 3. The topological polar surface area (TPSA) is 38.9 Å². The largest absolute Gasteiger partial charge is 0.338 e. The van der Waals surface area contributed by atoms with Crippen LogP contribution in [0.4, 0.5) is 0 Å². The van der Waals surface area contributed by atoms with Crippen molar-refractivity contribution in [1.82, 2.24) is 10.1 Å². The van der Waals surface area contributed by atoms with E-state index >= 15 is 0 Å². The monoisotopic (exact) mass is 160 g/mol. The van der Waals surface area contributed by atoms with E-state index in [9.17, 15) is 0 Å². The van der Waals surface area contributed by atoms with Crippen molar-refractivity contribution >= 4 is 11.6 Å². The van der Waals surface area contributed by atoms with Gasteiger partial charge in [0.15, 0.2) is 0 Å². The number of nitrogens with zero attached hydrogens (tertiary/aromatic N) is 2. The van der Waals surface area contributed by atoms with E-state index in [1.807, 2.05) is 0 Å². The molecule has 1 aromatic heterocycles. The average molecular weight is 161 g/mol. The molecule has 10 heavy (non-hydrogen) atoms. The van der Waals surface area contributed by atoms with Crippen LogP contribution in [0.25, 0.3) is 0 Å². The zero-order valence-corrected chi connectivity index (χ0v) is 6.56. The van der Waals surface area contributed by atoms with Gasteiger partial charge in [-0.15, -0.1) is 0 Å². The maximum Gasteiger partial charge on any atom is 0.263 e. The van der Waals surface area contributed by atoms with E-state index in [0.29, 0.717) is 5.89 Å². The highest BCUT2D eigenvalue weighted by atomic mass is 35.5. The highest BCUT2D eigenvalue weighted by Crippen LogP contribution is 2.05. The van der Waals surface area contributed by atoms with Crippen molar-refractivity contribution < 1.29 is 4.52 Å². The molecule has 1 aromatic rings. The van der Waals surface area contributed by atoms with Crippen molar-refractivity contribution in [2.45, 2.75) is 26.2 Å². The van der Waals surface area contributed by atoms with Gasteiger partial charge in [-0.1, -0.05) is 13.3 Å². The molecule has 0 amide bonds. The van der Waals surface area contributed by atoms with Crippen LogP contribution in [-0.2, 0) is 6.42 Å². The Labute approximate surface area is 64.4 Å². The summed E-state index contributed by atoms with van der Waals surface area (Å²) in [4.78, 5) is 3.84. The summed E-state index contributed by atoms with van der Waals surface area (Å²) in [7, 11) is 0. The lowest BCUT2D eigenvalue weighted by atomic mass is 10.2. The molecule has 0 aliphatic rings. The van der Waals surface area contributed by atoms with Crippen molar-refractivity contribution in [2.75, 3.05) is 0 Å². The molecule has 1 rings (SSSR count). The fraction of sp³-hybridized carbons (Fsp3) is 0.667. The van der Waals surface area contributed by atoms with E-state index in [-0.39, 0.29) is 5.28 Å². The molecule has 0 radical (unpaired) electrons. The zero-order valence-electron chi connectivity index (χ0n) is 5.80. The molecule has 4 heteroatoms.